The standard InChI is InChI=1S/C14H12O5S/c1-18-13-7-8-14(11(9-13)10-15)20(16,17)19-12-5-3-2-4-6-12/h2-10H,1H3. The summed E-state index contributed by atoms with van der Waals surface area (Å²) in [6.45, 7) is 0. The monoisotopic (exact) mass is 292 g/mol. The van der Waals surface area contributed by atoms with E-state index in [0.717, 1.165) is 0 Å². The Morgan fingerprint density at radius 1 is 1.00 bits per heavy atom. The van der Waals surface area contributed by atoms with Gasteiger partial charge in [-0.2, -0.15) is 8.42 Å². The van der Waals surface area contributed by atoms with Crippen molar-refractivity contribution in [3.05, 3.63) is 54.1 Å². The number of benzene rings is 2. The Morgan fingerprint density at radius 2 is 1.70 bits per heavy atom. The van der Waals surface area contributed by atoms with Crippen molar-refractivity contribution in [2.45, 2.75) is 4.90 Å². The van der Waals surface area contributed by atoms with Gasteiger partial charge in [0.25, 0.3) is 0 Å². The van der Waals surface area contributed by atoms with E-state index in [1.54, 1.807) is 18.2 Å². The van der Waals surface area contributed by atoms with Crippen molar-refractivity contribution in [2.75, 3.05) is 7.11 Å². The summed E-state index contributed by atoms with van der Waals surface area (Å²) in [7, 11) is -2.64. The summed E-state index contributed by atoms with van der Waals surface area (Å²) in [5.74, 6) is 0.575. The van der Waals surface area contributed by atoms with Crippen molar-refractivity contribution in [1.29, 1.82) is 0 Å². The summed E-state index contributed by atoms with van der Waals surface area (Å²) in [6, 6.07) is 12.1. The summed E-state index contributed by atoms with van der Waals surface area (Å²) in [4.78, 5) is 10.8. The number of ether oxygens (including phenoxy) is 1. The van der Waals surface area contributed by atoms with Gasteiger partial charge in [0, 0.05) is 5.56 Å². The van der Waals surface area contributed by atoms with Crippen LogP contribution in [0.1, 0.15) is 10.4 Å². The van der Waals surface area contributed by atoms with E-state index in [0.29, 0.717) is 12.0 Å². The van der Waals surface area contributed by atoms with Crippen molar-refractivity contribution >= 4 is 16.4 Å². The topological polar surface area (TPSA) is 69.7 Å². The van der Waals surface area contributed by atoms with Crippen LogP contribution in [0.2, 0.25) is 0 Å². The molecule has 0 unspecified atom stereocenters. The molecule has 0 fully saturated rings. The second-order valence-corrected chi connectivity index (χ2v) is 5.39. The number of carbonyl (C=O) groups excluding carboxylic acids is 1. The molecule has 0 radical (unpaired) electrons. The number of para-hydroxylation sites is 1. The Kier molecular flexibility index (Phi) is 4.05. The maximum absolute atomic E-state index is 12.2. The minimum atomic E-state index is -4.07. The average Bonchev–Trinajstić information content (AvgIpc) is 2.47. The molecule has 0 aliphatic rings. The van der Waals surface area contributed by atoms with Crippen LogP contribution in [0.15, 0.2) is 53.4 Å². The summed E-state index contributed by atoms with van der Waals surface area (Å²) in [5.41, 5.74) is -0.0136. The minimum Gasteiger partial charge on any atom is -0.497 e. The molecule has 0 heterocycles. The first-order valence-electron chi connectivity index (χ1n) is 5.69. The fourth-order valence-corrected chi connectivity index (χ4v) is 2.71. The summed E-state index contributed by atoms with van der Waals surface area (Å²) in [5, 5.41) is 0. The highest BCUT2D eigenvalue weighted by Crippen LogP contribution is 2.23. The highest BCUT2D eigenvalue weighted by atomic mass is 32.2. The quantitative estimate of drug-likeness (QED) is 0.624. The van der Waals surface area contributed by atoms with Crippen LogP contribution < -0.4 is 8.92 Å². The van der Waals surface area contributed by atoms with Crippen LogP contribution in [-0.2, 0) is 10.1 Å². The first kappa shape index (κ1) is 14.1. The van der Waals surface area contributed by atoms with Gasteiger partial charge in [-0.1, -0.05) is 18.2 Å². The van der Waals surface area contributed by atoms with E-state index in [1.165, 1.54) is 37.4 Å². The van der Waals surface area contributed by atoms with Crippen LogP contribution in [0.25, 0.3) is 0 Å². The molecule has 0 N–H and O–H groups in total. The van der Waals surface area contributed by atoms with Crippen LogP contribution in [-0.4, -0.2) is 21.8 Å². The summed E-state index contributed by atoms with van der Waals surface area (Å²) < 4.78 is 34.2. The fourth-order valence-electron chi connectivity index (χ4n) is 1.62. The van der Waals surface area contributed by atoms with Crippen molar-refractivity contribution in [1.82, 2.24) is 0 Å². The van der Waals surface area contributed by atoms with Gasteiger partial charge in [-0.15, -0.1) is 0 Å². The van der Waals surface area contributed by atoms with Gasteiger partial charge < -0.3 is 8.92 Å². The van der Waals surface area contributed by atoms with Gasteiger partial charge in [-0.3, -0.25) is 4.79 Å². The summed E-state index contributed by atoms with van der Waals surface area (Å²) >= 11 is 0. The zero-order chi connectivity index (χ0) is 14.6. The second-order valence-electron chi connectivity index (χ2n) is 3.87. The van der Waals surface area contributed by atoms with Crippen LogP contribution in [0.5, 0.6) is 11.5 Å². The number of carbonyl (C=O) groups is 1. The van der Waals surface area contributed by atoms with Gasteiger partial charge in [0.15, 0.2) is 6.29 Å². The predicted octanol–water partition coefficient (Wildman–Crippen LogP) is 2.28. The van der Waals surface area contributed by atoms with Gasteiger partial charge in [-0.05, 0) is 30.3 Å². The lowest BCUT2D eigenvalue weighted by Crippen LogP contribution is -2.12. The Hall–Kier alpha value is -2.34. The van der Waals surface area contributed by atoms with Crippen LogP contribution in [0, 0.1) is 0 Å². The van der Waals surface area contributed by atoms with Crippen molar-refractivity contribution in [2.24, 2.45) is 0 Å². The first-order valence-corrected chi connectivity index (χ1v) is 7.10. The number of hydrogen-bond donors (Lipinski definition) is 0. The molecule has 0 spiro atoms. The molecule has 0 aliphatic heterocycles. The molecule has 2 rings (SSSR count). The van der Waals surface area contributed by atoms with E-state index in [2.05, 4.69) is 0 Å². The Morgan fingerprint density at radius 3 is 2.30 bits per heavy atom. The molecule has 2 aromatic rings. The number of aldehydes is 1. The van der Waals surface area contributed by atoms with Crippen molar-refractivity contribution < 1.29 is 22.1 Å². The SMILES string of the molecule is COc1ccc(S(=O)(=O)Oc2ccccc2)c(C=O)c1. The van der Waals surface area contributed by atoms with Gasteiger partial charge >= 0.3 is 10.1 Å². The van der Waals surface area contributed by atoms with Gasteiger partial charge in [0.2, 0.25) is 0 Å². The van der Waals surface area contributed by atoms with E-state index >= 15 is 0 Å². The smallest absolute Gasteiger partial charge is 0.339 e. The molecule has 0 atom stereocenters. The third-order valence-corrected chi connectivity index (χ3v) is 3.88. The largest absolute Gasteiger partial charge is 0.497 e. The van der Waals surface area contributed by atoms with Gasteiger partial charge in [0.1, 0.15) is 16.4 Å². The Balaban J connectivity index is 2.41. The van der Waals surface area contributed by atoms with E-state index in [-0.39, 0.29) is 16.2 Å². The maximum atomic E-state index is 12.2. The van der Waals surface area contributed by atoms with Gasteiger partial charge in [0.05, 0.1) is 7.11 Å². The first-order chi connectivity index (χ1) is 9.56. The maximum Gasteiger partial charge on any atom is 0.339 e. The molecule has 20 heavy (non-hydrogen) atoms. The molecule has 0 bridgehead atoms. The van der Waals surface area contributed by atoms with Crippen LogP contribution >= 0.6 is 0 Å². The third-order valence-electron chi connectivity index (χ3n) is 2.56. The highest BCUT2D eigenvalue weighted by Gasteiger charge is 2.21. The zero-order valence-corrected chi connectivity index (χ0v) is 11.5. The molecule has 104 valence electrons. The molecule has 6 heteroatoms. The average molecular weight is 292 g/mol. The molecule has 5 nitrogen and oxygen atoms in total. The lowest BCUT2D eigenvalue weighted by molar-refractivity contribution is 0.112. The minimum absolute atomic E-state index is 0.0136. The van der Waals surface area contributed by atoms with Crippen molar-refractivity contribution in [3.8, 4) is 11.5 Å². The van der Waals surface area contributed by atoms with E-state index in [4.69, 9.17) is 8.92 Å². The molecule has 0 amide bonds. The van der Waals surface area contributed by atoms with Crippen LogP contribution in [0.3, 0.4) is 0 Å². The molecule has 0 aliphatic carbocycles. The molecular formula is C14H12O5S. The number of rotatable bonds is 5. The fraction of sp³-hybridized carbons (Fsp3) is 0.0714. The Bertz CT molecular complexity index is 708. The third kappa shape index (κ3) is 2.97. The molecule has 0 aromatic heterocycles. The second kappa shape index (κ2) is 5.75. The zero-order valence-electron chi connectivity index (χ0n) is 10.6. The molecule has 2 aromatic carbocycles. The number of hydrogen-bond acceptors (Lipinski definition) is 5. The van der Waals surface area contributed by atoms with Crippen LogP contribution in [0.4, 0.5) is 0 Å². The number of methoxy groups -OCH3 is 1. The van der Waals surface area contributed by atoms with E-state index in [1.807, 2.05) is 0 Å². The van der Waals surface area contributed by atoms with E-state index < -0.39 is 10.1 Å². The normalized spacial score (nSPS) is 10.8. The molecule has 0 saturated heterocycles. The molecular weight excluding hydrogens is 280 g/mol. The van der Waals surface area contributed by atoms with Gasteiger partial charge in [-0.25, -0.2) is 0 Å². The van der Waals surface area contributed by atoms with E-state index in [9.17, 15) is 13.2 Å². The highest BCUT2D eigenvalue weighted by molar-refractivity contribution is 7.87. The lowest BCUT2D eigenvalue weighted by Gasteiger charge is -2.09. The lowest BCUT2D eigenvalue weighted by atomic mass is 10.2. The predicted molar refractivity (Wildman–Crippen MR) is 72.6 cm³/mol. The summed E-state index contributed by atoms with van der Waals surface area (Å²) in [6.07, 6.45) is 0.448. The van der Waals surface area contributed by atoms with Crippen molar-refractivity contribution in [3.63, 3.8) is 0 Å². The molecule has 0 saturated carbocycles. The Labute approximate surface area is 116 Å².